The second-order valence-electron chi connectivity index (χ2n) is 5.68. The van der Waals surface area contributed by atoms with Gasteiger partial charge in [0.1, 0.15) is 0 Å². The number of hydrogen-bond acceptors (Lipinski definition) is 4. The van der Waals surface area contributed by atoms with Crippen LogP contribution in [-0.4, -0.2) is 34.8 Å². The quantitative estimate of drug-likeness (QED) is 0.938. The summed E-state index contributed by atoms with van der Waals surface area (Å²) in [4.78, 5) is 30.3. The third-order valence-corrected chi connectivity index (χ3v) is 4.88. The highest BCUT2D eigenvalue weighted by molar-refractivity contribution is 7.14. The fraction of sp³-hybridized carbons (Fsp3) is 0.353. The molecular weight excluding hydrogens is 310 g/mol. The van der Waals surface area contributed by atoms with Gasteiger partial charge in [0.05, 0.1) is 11.6 Å². The van der Waals surface area contributed by atoms with Gasteiger partial charge in [0.15, 0.2) is 5.13 Å². The van der Waals surface area contributed by atoms with Crippen LogP contribution >= 0.6 is 11.3 Å². The number of aromatic nitrogens is 1. The highest BCUT2D eigenvalue weighted by Crippen LogP contribution is 2.28. The monoisotopic (exact) mass is 329 g/mol. The SMILES string of the molecule is CCN1CC(C(=O)Nc2nc(-c3ccccc3C)cs2)CC1=O. The molecule has 120 valence electrons. The van der Waals surface area contributed by atoms with Gasteiger partial charge in [-0.05, 0) is 19.4 Å². The van der Waals surface area contributed by atoms with E-state index in [4.69, 9.17) is 0 Å². The first-order valence-electron chi connectivity index (χ1n) is 7.68. The smallest absolute Gasteiger partial charge is 0.231 e. The maximum Gasteiger partial charge on any atom is 0.231 e. The number of benzene rings is 1. The van der Waals surface area contributed by atoms with E-state index in [2.05, 4.69) is 10.3 Å². The summed E-state index contributed by atoms with van der Waals surface area (Å²) in [5.74, 6) is -0.361. The number of rotatable bonds is 4. The summed E-state index contributed by atoms with van der Waals surface area (Å²) in [6.07, 6.45) is 0.287. The van der Waals surface area contributed by atoms with Crippen molar-refractivity contribution >= 4 is 28.3 Å². The van der Waals surface area contributed by atoms with Crippen LogP contribution in [-0.2, 0) is 9.59 Å². The Morgan fingerprint density at radius 1 is 1.43 bits per heavy atom. The van der Waals surface area contributed by atoms with Gasteiger partial charge >= 0.3 is 0 Å². The Morgan fingerprint density at radius 2 is 2.22 bits per heavy atom. The third kappa shape index (κ3) is 3.27. The van der Waals surface area contributed by atoms with E-state index in [0.717, 1.165) is 16.8 Å². The maximum atomic E-state index is 12.3. The minimum absolute atomic E-state index is 0.0485. The number of anilines is 1. The molecule has 6 heteroatoms. The van der Waals surface area contributed by atoms with E-state index in [0.29, 0.717) is 18.2 Å². The third-order valence-electron chi connectivity index (χ3n) is 4.12. The molecule has 0 aliphatic carbocycles. The summed E-state index contributed by atoms with van der Waals surface area (Å²) in [6.45, 7) is 5.11. The van der Waals surface area contributed by atoms with Gasteiger partial charge in [-0.15, -0.1) is 11.3 Å². The zero-order chi connectivity index (χ0) is 16.4. The van der Waals surface area contributed by atoms with Crippen molar-refractivity contribution in [1.29, 1.82) is 0 Å². The van der Waals surface area contributed by atoms with Crippen molar-refractivity contribution in [2.24, 2.45) is 5.92 Å². The lowest BCUT2D eigenvalue weighted by Crippen LogP contribution is -2.28. The van der Waals surface area contributed by atoms with E-state index in [9.17, 15) is 9.59 Å². The second-order valence-corrected chi connectivity index (χ2v) is 6.53. The first-order chi connectivity index (χ1) is 11.1. The van der Waals surface area contributed by atoms with E-state index in [-0.39, 0.29) is 24.2 Å². The lowest BCUT2D eigenvalue weighted by Gasteiger charge is -2.12. The van der Waals surface area contributed by atoms with Gasteiger partial charge in [-0.2, -0.15) is 0 Å². The van der Waals surface area contributed by atoms with Crippen LogP contribution in [0.15, 0.2) is 29.6 Å². The predicted octanol–water partition coefficient (Wildman–Crippen LogP) is 2.93. The molecule has 1 N–H and O–H groups in total. The van der Waals surface area contributed by atoms with Gasteiger partial charge in [-0.1, -0.05) is 24.3 Å². The van der Waals surface area contributed by atoms with Crippen LogP contribution in [0.4, 0.5) is 5.13 Å². The lowest BCUT2D eigenvalue weighted by molar-refractivity contribution is -0.128. The number of thiazole rings is 1. The van der Waals surface area contributed by atoms with Crippen molar-refractivity contribution in [3.8, 4) is 11.3 Å². The first kappa shape index (κ1) is 15.7. The average molecular weight is 329 g/mol. The molecule has 2 aromatic rings. The van der Waals surface area contributed by atoms with Gasteiger partial charge in [0.25, 0.3) is 0 Å². The number of likely N-dealkylation sites (tertiary alicyclic amines) is 1. The Bertz CT molecular complexity index is 741. The van der Waals surface area contributed by atoms with Crippen molar-refractivity contribution in [2.45, 2.75) is 20.3 Å². The zero-order valence-corrected chi connectivity index (χ0v) is 14.0. The molecule has 23 heavy (non-hydrogen) atoms. The Labute approximate surface area is 139 Å². The molecule has 2 heterocycles. The van der Waals surface area contributed by atoms with Crippen LogP contribution in [0.3, 0.4) is 0 Å². The highest BCUT2D eigenvalue weighted by Gasteiger charge is 2.33. The van der Waals surface area contributed by atoms with Crippen molar-refractivity contribution < 1.29 is 9.59 Å². The summed E-state index contributed by atoms with van der Waals surface area (Å²) in [5, 5.41) is 5.37. The van der Waals surface area contributed by atoms with Gasteiger partial charge in [0.2, 0.25) is 11.8 Å². The molecule has 0 saturated carbocycles. The number of nitrogens with one attached hydrogen (secondary N) is 1. The Morgan fingerprint density at radius 3 is 2.91 bits per heavy atom. The summed E-state index contributed by atoms with van der Waals surface area (Å²) in [6, 6.07) is 8.02. The van der Waals surface area contributed by atoms with Crippen LogP contribution in [0.25, 0.3) is 11.3 Å². The molecule has 5 nitrogen and oxygen atoms in total. The van der Waals surface area contributed by atoms with E-state index in [1.165, 1.54) is 11.3 Å². The molecule has 0 spiro atoms. The normalized spacial score (nSPS) is 17.6. The first-order valence-corrected chi connectivity index (χ1v) is 8.56. The topological polar surface area (TPSA) is 62.3 Å². The number of carbonyl (C=O) groups excluding carboxylic acids is 2. The van der Waals surface area contributed by atoms with E-state index < -0.39 is 0 Å². The molecule has 0 bridgehead atoms. The molecule has 1 aliphatic heterocycles. The molecule has 1 fully saturated rings. The van der Waals surface area contributed by atoms with E-state index in [1.807, 2.05) is 43.5 Å². The van der Waals surface area contributed by atoms with Crippen molar-refractivity contribution in [3.05, 3.63) is 35.2 Å². The zero-order valence-electron chi connectivity index (χ0n) is 13.2. The summed E-state index contributed by atoms with van der Waals surface area (Å²) in [7, 11) is 0. The fourth-order valence-corrected chi connectivity index (χ4v) is 3.49. The standard InChI is InChI=1S/C17H19N3O2S/c1-3-20-9-12(8-15(20)21)16(22)19-17-18-14(10-23-17)13-7-5-4-6-11(13)2/h4-7,10,12H,3,8-9H2,1-2H3,(H,18,19,22). The van der Waals surface area contributed by atoms with Crippen molar-refractivity contribution in [1.82, 2.24) is 9.88 Å². The molecule has 1 aromatic heterocycles. The van der Waals surface area contributed by atoms with Gasteiger partial charge in [0, 0.05) is 30.5 Å². The average Bonchev–Trinajstić information content (AvgIpc) is 3.14. The predicted molar refractivity (Wildman–Crippen MR) is 91.3 cm³/mol. The number of carbonyl (C=O) groups is 2. The summed E-state index contributed by atoms with van der Waals surface area (Å²) < 4.78 is 0. The van der Waals surface area contributed by atoms with Crippen molar-refractivity contribution in [3.63, 3.8) is 0 Å². The molecule has 2 amide bonds. The van der Waals surface area contributed by atoms with Gasteiger partial charge in [-0.3, -0.25) is 9.59 Å². The van der Waals surface area contributed by atoms with Crippen LogP contribution in [0, 0.1) is 12.8 Å². The molecular formula is C17H19N3O2S. The van der Waals surface area contributed by atoms with E-state index >= 15 is 0 Å². The van der Waals surface area contributed by atoms with E-state index in [1.54, 1.807) is 4.90 Å². The fourth-order valence-electron chi connectivity index (χ4n) is 2.78. The highest BCUT2D eigenvalue weighted by atomic mass is 32.1. The Kier molecular flexibility index (Phi) is 4.43. The summed E-state index contributed by atoms with van der Waals surface area (Å²) in [5.41, 5.74) is 3.08. The number of amides is 2. The lowest BCUT2D eigenvalue weighted by atomic mass is 10.1. The van der Waals surface area contributed by atoms with Gasteiger partial charge in [-0.25, -0.2) is 4.98 Å². The molecule has 3 rings (SSSR count). The van der Waals surface area contributed by atoms with Crippen molar-refractivity contribution in [2.75, 3.05) is 18.4 Å². The maximum absolute atomic E-state index is 12.3. The molecule has 1 unspecified atom stereocenters. The summed E-state index contributed by atoms with van der Waals surface area (Å²) >= 11 is 1.41. The van der Waals surface area contributed by atoms with Crippen LogP contribution in [0.1, 0.15) is 18.9 Å². The van der Waals surface area contributed by atoms with Crippen LogP contribution < -0.4 is 5.32 Å². The van der Waals surface area contributed by atoms with Crippen LogP contribution in [0.5, 0.6) is 0 Å². The Balaban J connectivity index is 1.69. The molecule has 1 atom stereocenters. The minimum atomic E-state index is -0.284. The largest absolute Gasteiger partial charge is 0.342 e. The second kappa shape index (κ2) is 6.50. The van der Waals surface area contributed by atoms with Gasteiger partial charge < -0.3 is 10.2 Å². The molecule has 1 saturated heterocycles. The molecule has 1 aliphatic rings. The molecule has 1 aromatic carbocycles. The number of hydrogen-bond donors (Lipinski definition) is 1. The Hall–Kier alpha value is -2.21. The number of nitrogens with zero attached hydrogens (tertiary/aromatic N) is 2. The number of aryl methyl sites for hydroxylation is 1. The minimum Gasteiger partial charge on any atom is -0.342 e. The van der Waals surface area contributed by atoms with Crippen LogP contribution in [0.2, 0.25) is 0 Å². The molecule has 0 radical (unpaired) electrons.